The van der Waals surface area contributed by atoms with Crippen LogP contribution in [0.2, 0.25) is 0 Å². The Kier molecular flexibility index (Phi) is 20.7. The van der Waals surface area contributed by atoms with Gasteiger partial charge in [0.25, 0.3) is 0 Å². The standard InChI is InChI=1S/C17H26O.C16H24O.C14H20O.C13H20O/c1-17(2,3)15-9-11-16(12-10-15)18-13-14-7-5-4-6-8-14;1-16(2,3)13-9-11-15(12-10-13)17-14-7-5-4-6-8-14;1-14(2,3)11-7-9-13(10-8-11)15-12-5-4-6-12;1-5-10-14-12-8-6-11(7-9-12)13(2,3)4/h9-12,14H,4-8,13H2,1-3H3;9-12,14H,4-8H2,1-3H3;7-10,12H,4-6H2,1-3H3;6-9H,5,10H2,1-4H3. The van der Waals surface area contributed by atoms with Crippen molar-refractivity contribution in [3.8, 4) is 23.0 Å². The van der Waals surface area contributed by atoms with E-state index in [4.69, 9.17) is 18.9 Å². The third-order valence-electron chi connectivity index (χ3n) is 12.8. The number of rotatable bonds is 10. The molecule has 4 nitrogen and oxygen atoms in total. The van der Waals surface area contributed by atoms with Gasteiger partial charge in [0.1, 0.15) is 23.0 Å². The fourth-order valence-corrected chi connectivity index (χ4v) is 8.01. The van der Waals surface area contributed by atoms with Gasteiger partial charge >= 0.3 is 0 Å². The molecule has 3 aliphatic carbocycles. The summed E-state index contributed by atoms with van der Waals surface area (Å²) in [5, 5.41) is 0. The zero-order chi connectivity index (χ0) is 46.8. The highest BCUT2D eigenvalue weighted by Crippen LogP contribution is 2.31. The molecule has 0 N–H and O–H groups in total. The van der Waals surface area contributed by atoms with Crippen molar-refractivity contribution in [2.75, 3.05) is 13.2 Å². The zero-order valence-corrected chi connectivity index (χ0v) is 42.9. The highest BCUT2D eigenvalue weighted by atomic mass is 16.5. The molecule has 0 spiro atoms. The van der Waals surface area contributed by atoms with Gasteiger partial charge in [0, 0.05) is 0 Å². The monoisotopic (exact) mass is 875 g/mol. The van der Waals surface area contributed by atoms with Gasteiger partial charge in [-0.05, 0) is 163 Å². The smallest absolute Gasteiger partial charge is 0.119 e. The summed E-state index contributed by atoms with van der Waals surface area (Å²) in [5.41, 5.74) is 6.36. The van der Waals surface area contributed by atoms with Gasteiger partial charge < -0.3 is 18.9 Å². The molecule has 3 aliphatic rings. The van der Waals surface area contributed by atoms with E-state index < -0.39 is 0 Å². The van der Waals surface area contributed by atoms with Crippen molar-refractivity contribution < 1.29 is 18.9 Å². The van der Waals surface area contributed by atoms with Crippen LogP contribution in [-0.4, -0.2) is 25.4 Å². The first-order valence-corrected chi connectivity index (χ1v) is 25.2. The molecule has 4 heteroatoms. The predicted molar refractivity (Wildman–Crippen MR) is 274 cm³/mol. The van der Waals surface area contributed by atoms with Crippen LogP contribution < -0.4 is 18.9 Å². The van der Waals surface area contributed by atoms with Crippen molar-refractivity contribution in [1.82, 2.24) is 0 Å². The lowest BCUT2D eigenvalue weighted by atomic mass is 9.87. The average molecular weight is 875 g/mol. The lowest BCUT2D eigenvalue weighted by Crippen LogP contribution is -2.24. The maximum absolute atomic E-state index is 6.02. The summed E-state index contributed by atoms with van der Waals surface area (Å²) in [4.78, 5) is 0. The van der Waals surface area contributed by atoms with Crippen LogP contribution in [0.1, 0.15) is 202 Å². The van der Waals surface area contributed by atoms with Gasteiger partial charge in [0.05, 0.1) is 25.4 Å². The molecule has 0 aromatic heterocycles. The Morgan fingerprint density at radius 2 is 0.656 bits per heavy atom. The molecule has 4 aromatic rings. The topological polar surface area (TPSA) is 36.9 Å². The molecule has 0 atom stereocenters. The normalized spacial score (nSPS) is 16.3. The molecule has 3 fully saturated rings. The number of hydrogen-bond acceptors (Lipinski definition) is 4. The van der Waals surface area contributed by atoms with Crippen LogP contribution in [-0.2, 0) is 21.7 Å². The molecular weight excluding hydrogens is 785 g/mol. The second-order valence-corrected chi connectivity index (χ2v) is 22.8. The van der Waals surface area contributed by atoms with E-state index in [1.807, 2.05) is 0 Å². The van der Waals surface area contributed by atoms with Crippen molar-refractivity contribution in [3.05, 3.63) is 119 Å². The third kappa shape index (κ3) is 19.3. The molecule has 354 valence electrons. The maximum atomic E-state index is 6.02. The number of hydrogen-bond donors (Lipinski definition) is 0. The van der Waals surface area contributed by atoms with Gasteiger partial charge in [-0.25, -0.2) is 0 Å². The fraction of sp³-hybridized carbons (Fsp3) is 0.600. The van der Waals surface area contributed by atoms with E-state index >= 15 is 0 Å². The van der Waals surface area contributed by atoms with E-state index in [1.54, 1.807) is 0 Å². The van der Waals surface area contributed by atoms with Crippen molar-refractivity contribution >= 4 is 0 Å². The molecule has 0 unspecified atom stereocenters. The minimum absolute atomic E-state index is 0.224. The van der Waals surface area contributed by atoms with Crippen LogP contribution in [0.15, 0.2) is 97.1 Å². The summed E-state index contributed by atoms with van der Waals surface area (Å²) in [7, 11) is 0. The maximum Gasteiger partial charge on any atom is 0.119 e. The Hall–Kier alpha value is -3.92. The summed E-state index contributed by atoms with van der Waals surface area (Å²) in [6.45, 7) is 30.6. The summed E-state index contributed by atoms with van der Waals surface area (Å²) >= 11 is 0. The average Bonchev–Trinajstić information content (AvgIpc) is 3.24. The highest BCUT2D eigenvalue weighted by Gasteiger charge is 2.21. The van der Waals surface area contributed by atoms with Crippen molar-refractivity contribution in [1.29, 1.82) is 0 Å². The lowest BCUT2D eigenvalue weighted by molar-refractivity contribution is 0.120. The van der Waals surface area contributed by atoms with Gasteiger partial charge in [-0.15, -0.1) is 0 Å². The van der Waals surface area contributed by atoms with Gasteiger partial charge in [-0.2, -0.15) is 0 Å². The van der Waals surface area contributed by atoms with E-state index in [-0.39, 0.29) is 21.7 Å². The van der Waals surface area contributed by atoms with Gasteiger partial charge in [0.15, 0.2) is 0 Å². The molecule has 0 heterocycles. The molecule has 0 amide bonds. The Bertz CT molecular complexity index is 1830. The molecule has 64 heavy (non-hydrogen) atoms. The minimum atomic E-state index is 0.224. The number of benzene rings is 4. The molecule has 7 rings (SSSR count). The molecule has 0 radical (unpaired) electrons. The minimum Gasteiger partial charge on any atom is -0.494 e. The largest absolute Gasteiger partial charge is 0.494 e. The fourth-order valence-electron chi connectivity index (χ4n) is 8.01. The first-order chi connectivity index (χ1) is 30.2. The summed E-state index contributed by atoms with van der Waals surface area (Å²) in [6, 6.07) is 34.2. The van der Waals surface area contributed by atoms with Gasteiger partial charge in [-0.1, -0.05) is 164 Å². The second kappa shape index (κ2) is 25.1. The van der Waals surface area contributed by atoms with E-state index in [9.17, 15) is 0 Å². The Morgan fingerprint density at radius 1 is 0.359 bits per heavy atom. The first-order valence-electron chi connectivity index (χ1n) is 25.2. The second-order valence-electron chi connectivity index (χ2n) is 22.8. The van der Waals surface area contributed by atoms with Crippen LogP contribution in [0, 0.1) is 5.92 Å². The highest BCUT2D eigenvalue weighted by molar-refractivity contribution is 5.34. The van der Waals surface area contributed by atoms with Gasteiger partial charge in [-0.3, -0.25) is 0 Å². The predicted octanol–water partition coefficient (Wildman–Crippen LogP) is 17.3. The number of ether oxygens (including phenoxy) is 4. The zero-order valence-electron chi connectivity index (χ0n) is 42.9. The molecule has 0 saturated heterocycles. The molecule has 3 saturated carbocycles. The first kappa shape index (κ1) is 52.7. The summed E-state index contributed by atoms with van der Waals surface area (Å²) < 4.78 is 23.3. The van der Waals surface area contributed by atoms with Crippen LogP contribution in [0.25, 0.3) is 0 Å². The van der Waals surface area contributed by atoms with Crippen molar-refractivity contribution in [2.45, 2.75) is 214 Å². The molecular formula is C60H90O4. The van der Waals surface area contributed by atoms with E-state index in [0.29, 0.717) is 12.2 Å². The Balaban J connectivity index is 0.000000188. The van der Waals surface area contributed by atoms with Crippen molar-refractivity contribution in [2.24, 2.45) is 5.92 Å². The van der Waals surface area contributed by atoms with E-state index in [2.05, 4.69) is 187 Å². The lowest BCUT2D eigenvalue weighted by Gasteiger charge is -2.27. The summed E-state index contributed by atoms with van der Waals surface area (Å²) in [6.07, 6.45) is 19.1. The Morgan fingerprint density at radius 3 is 0.953 bits per heavy atom. The Labute approximate surface area is 392 Å². The molecule has 0 bridgehead atoms. The van der Waals surface area contributed by atoms with Crippen molar-refractivity contribution in [3.63, 3.8) is 0 Å². The van der Waals surface area contributed by atoms with Gasteiger partial charge in [0.2, 0.25) is 0 Å². The molecule has 0 aliphatic heterocycles. The van der Waals surface area contributed by atoms with E-state index in [0.717, 1.165) is 48.6 Å². The van der Waals surface area contributed by atoms with Crippen LogP contribution >= 0.6 is 0 Å². The quantitative estimate of drug-likeness (QED) is 0.159. The third-order valence-corrected chi connectivity index (χ3v) is 12.8. The SMILES string of the molecule is CC(C)(C)c1ccc(OC2CCC2)cc1.CC(C)(C)c1ccc(OC2CCCCC2)cc1.CC(C)(C)c1ccc(OCC2CCCCC2)cc1.CCCOc1ccc(C(C)(C)C)cc1. The van der Waals surface area contributed by atoms with Crippen LogP contribution in [0.5, 0.6) is 23.0 Å². The summed E-state index contributed by atoms with van der Waals surface area (Å²) in [5.74, 6) is 4.83. The van der Waals surface area contributed by atoms with E-state index in [1.165, 1.54) is 106 Å². The van der Waals surface area contributed by atoms with Crippen LogP contribution in [0.3, 0.4) is 0 Å². The van der Waals surface area contributed by atoms with Crippen LogP contribution in [0.4, 0.5) is 0 Å². The molecule has 4 aromatic carbocycles.